The maximum absolute atomic E-state index is 13.1. The predicted octanol–water partition coefficient (Wildman–Crippen LogP) is 2.98. The highest BCUT2D eigenvalue weighted by molar-refractivity contribution is 6.33. The van der Waals surface area contributed by atoms with Gasteiger partial charge < -0.3 is 10.6 Å². The molecule has 7 heteroatoms. The lowest BCUT2D eigenvalue weighted by molar-refractivity contribution is 0.0946. The number of rotatable bonds is 4. The fraction of sp³-hybridized carbons (Fsp3) is 0.143. The maximum atomic E-state index is 13.1. The first-order chi connectivity index (χ1) is 10.0. The Morgan fingerprint density at radius 3 is 2.67 bits per heavy atom. The van der Waals surface area contributed by atoms with Crippen molar-refractivity contribution in [3.63, 3.8) is 0 Å². The average Bonchev–Trinajstić information content (AvgIpc) is 2.48. The summed E-state index contributed by atoms with van der Waals surface area (Å²) in [5.74, 6) is -1.90. The second-order valence-electron chi connectivity index (χ2n) is 4.21. The number of nitrogens with one attached hydrogen (secondary N) is 2. The van der Waals surface area contributed by atoms with Gasteiger partial charge in [-0.25, -0.2) is 13.8 Å². The predicted molar refractivity (Wildman–Crippen MR) is 76.3 cm³/mol. The number of hydrogen-bond acceptors (Lipinski definition) is 3. The molecule has 21 heavy (non-hydrogen) atoms. The van der Waals surface area contributed by atoms with Crippen molar-refractivity contribution in [3.05, 3.63) is 58.2 Å². The molecule has 0 spiro atoms. The molecule has 2 N–H and O–H groups in total. The van der Waals surface area contributed by atoms with E-state index in [1.807, 2.05) is 0 Å². The smallest absolute Gasteiger partial charge is 0.271 e. The van der Waals surface area contributed by atoms with E-state index in [0.29, 0.717) is 11.4 Å². The molecule has 2 aromatic rings. The quantitative estimate of drug-likeness (QED) is 0.912. The fourth-order valence-electron chi connectivity index (χ4n) is 1.66. The van der Waals surface area contributed by atoms with E-state index in [2.05, 4.69) is 15.6 Å². The van der Waals surface area contributed by atoms with Crippen molar-refractivity contribution in [2.75, 3.05) is 12.4 Å². The van der Waals surface area contributed by atoms with Crippen LogP contribution in [0.4, 0.5) is 14.6 Å². The van der Waals surface area contributed by atoms with E-state index in [4.69, 9.17) is 11.6 Å². The Kier molecular flexibility index (Phi) is 4.70. The molecule has 0 saturated carbocycles. The molecule has 0 bridgehead atoms. The summed E-state index contributed by atoms with van der Waals surface area (Å²) < 4.78 is 25.9. The number of amides is 1. The summed E-state index contributed by atoms with van der Waals surface area (Å²) >= 11 is 5.92. The second-order valence-corrected chi connectivity index (χ2v) is 4.62. The number of benzene rings is 1. The van der Waals surface area contributed by atoms with Crippen LogP contribution < -0.4 is 10.6 Å². The average molecular weight is 312 g/mol. The van der Waals surface area contributed by atoms with Gasteiger partial charge >= 0.3 is 0 Å². The highest BCUT2D eigenvalue weighted by Crippen LogP contribution is 2.16. The molecule has 1 heterocycles. The van der Waals surface area contributed by atoms with Crippen LogP contribution in [-0.2, 0) is 6.54 Å². The summed E-state index contributed by atoms with van der Waals surface area (Å²) in [6.07, 6.45) is 0. The monoisotopic (exact) mass is 311 g/mol. The molecule has 1 aromatic heterocycles. The third kappa shape index (κ3) is 3.66. The topological polar surface area (TPSA) is 54.0 Å². The van der Waals surface area contributed by atoms with E-state index < -0.39 is 17.5 Å². The van der Waals surface area contributed by atoms with Gasteiger partial charge in [0.1, 0.15) is 11.5 Å². The second kappa shape index (κ2) is 6.49. The SMILES string of the molecule is CNc1ccc(Cl)c(C(=O)NCc2ccc(F)c(F)c2)n1. The zero-order valence-corrected chi connectivity index (χ0v) is 11.8. The molecule has 0 aliphatic heterocycles. The van der Waals surface area contributed by atoms with Gasteiger partial charge in [-0.2, -0.15) is 0 Å². The fourth-order valence-corrected chi connectivity index (χ4v) is 1.85. The first kappa shape index (κ1) is 15.2. The highest BCUT2D eigenvalue weighted by atomic mass is 35.5. The van der Waals surface area contributed by atoms with E-state index in [0.717, 1.165) is 12.1 Å². The van der Waals surface area contributed by atoms with Gasteiger partial charge in [-0.1, -0.05) is 17.7 Å². The lowest BCUT2D eigenvalue weighted by Crippen LogP contribution is -2.24. The van der Waals surface area contributed by atoms with Crippen molar-refractivity contribution in [2.45, 2.75) is 6.54 Å². The van der Waals surface area contributed by atoms with Gasteiger partial charge in [-0.3, -0.25) is 4.79 Å². The van der Waals surface area contributed by atoms with Crippen LogP contribution in [0, 0.1) is 11.6 Å². The van der Waals surface area contributed by atoms with Gasteiger partial charge in [0, 0.05) is 13.6 Å². The molecular weight excluding hydrogens is 300 g/mol. The zero-order chi connectivity index (χ0) is 15.4. The normalized spacial score (nSPS) is 10.3. The van der Waals surface area contributed by atoms with Gasteiger partial charge in [0.2, 0.25) is 0 Å². The molecule has 1 amide bonds. The molecule has 0 atom stereocenters. The number of carbonyl (C=O) groups is 1. The van der Waals surface area contributed by atoms with E-state index >= 15 is 0 Å². The Hall–Kier alpha value is -2.21. The number of nitrogens with zero attached hydrogens (tertiary/aromatic N) is 1. The zero-order valence-electron chi connectivity index (χ0n) is 11.1. The van der Waals surface area contributed by atoms with Gasteiger partial charge in [-0.15, -0.1) is 0 Å². The Morgan fingerprint density at radius 1 is 1.24 bits per heavy atom. The van der Waals surface area contributed by atoms with E-state index in [1.165, 1.54) is 6.07 Å². The van der Waals surface area contributed by atoms with Crippen molar-refractivity contribution < 1.29 is 13.6 Å². The molecule has 0 unspecified atom stereocenters. The van der Waals surface area contributed by atoms with Crippen molar-refractivity contribution in [1.82, 2.24) is 10.3 Å². The van der Waals surface area contributed by atoms with E-state index in [9.17, 15) is 13.6 Å². The molecule has 0 aliphatic carbocycles. The first-order valence-corrected chi connectivity index (χ1v) is 6.45. The third-order valence-electron chi connectivity index (χ3n) is 2.75. The molecule has 1 aromatic carbocycles. The van der Waals surface area contributed by atoms with Gasteiger partial charge in [-0.05, 0) is 29.8 Å². The molecule has 2 rings (SSSR count). The lowest BCUT2D eigenvalue weighted by atomic mass is 10.2. The number of carbonyl (C=O) groups excluding carboxylic acids is 1. The van der Waals surface area contributed by atoms with Crippen LogP contribution in [0.25, 0.3) is 0 Å². The Labute approximate surface area is 125 Å². The first-order valence-electron chi connectivity index (χ1n) is 6.07. The summed E-state index contributed by atoms with van der Waals surface area (Å²) in [5.41, 5.74) is 0.495. The highest BCUT2D eigenvalue weighted by Gasteiger charge is 2.13. The van der Waals surface area contributed by atoms with Gasteiger partial charge in [0.05, 0.1) is 5.02 Å². The minimum absolute atomic E-state index is 0.0395. The number of pyridine rings is 1. The van der Waals surface area contributed by atoms with Crippen LogP contribution in [0.3, 0.4) is 0 Å². The number of anilines is 1. The standard InChI is InChI=1S/C14H12ClF2N3O/c1-18-12-5-3-9(15)13(20-12)14(21)19-7-8-2-4-10(16)11(17)6-8/h2-6H,7H2,1H3,(H,18,20)(H,19,21). The number of halogens is 3. The molecule has 0 radical (unpaired) electrons. The van der Waals surface area contributed by atoms with Crippen molar-refractivity contribution >= 4 is 23.3 Å². The summed E-state index contributed by atoms with van der Waals surface area (Å²) in [6.45, 7) is 0.0395. The summed E-state index contributed by atoms with van der Waals surface area (Å²) in [4.78, 5) is 16.1. The van der Waals surface area contributed by atoms with Crippen molar-refractivity contribution in [3.8, 4) is 0 Å². The van der Waals surface area contributed by atoms with E-state index in [-0.39, 0.29) is 17.3 Å². The van der Waals surface area contributed by atoms with E-state index in [1.54, 1.807) is 19.2 Å². The molecule has 0 saturated heterocycles. The number of aromatic nitrogens is 1. The maximum Gasteiger partial charge on any atom is 0.271 e. The van der Waals surface area contributed by atoms with Crippen molar-refractivity contribution in [1.29, 1.82) is 0 Å². The Morgan fingerprint density at radius 2 is 2.00 bits per heavy atom. The minimum Gasteiger partial charge on any atom is -0.373 e. The van der Waals surface area contributed by atoms with Crippen LogP contribution in [-0.4, -0.2) is 17.9 Å². The van der Waals surface area contributed by atoms with Crippen LogP contribution in [0.1, 0.15) is 16.1 Å². The van der Waals surface area contributed by atoms with Gasteiger partial charge in [0.25, 0.3) is 5.91 Å². The summed E-state index contributed by atoms with van der Waals surface area (Å²) in [5, 5.41) is 5.55. The third-order valence-corrected chi connectivity index (χ3v) is 3.06. The molecule has 0 fully saturated rings. The van der Waals surface area contributed by atoms with Crippen LogP contribution >= 0.6 is 11.6 Å². The van der Waals surface area contributed by atoms with Gasteiger partial charge in [0.15, 0.2) is 11.6 Å². The molecule has 110 valence electrons. The Bertz CT molecular complexity index is 679. The molecule has 4 nitrogen and oxygen atoms in total. The molecule has 0 aliphatic rings. The molecular formula is C14H12ClF2N3O. The van der Waals surface area contributed by atoms with Crippen LogP contribution in [0.2, 0.25) is 5.02 Å². The largest absolute Gasteiger partial charge is 0.373 e. The summed E-state index contributed by atoms with van der Waals surface area (Å²) in [7, 11) is 1.67. The number of hydrogen-bond donors (Lipinski definition) is 2. The van der Waals surface area contributed by atoms with Crippen LogP contribution in [0.15, 0.2) is 30.3 Å². The lowest BCUT2D eigenvalue weighted by Gasteiger charge is -2.08. The Balaban J connectivity index is 2.09. The van der Waals surface area contributed by atoms with Crippen molar-refractivity contribution in [2.24, 2.45) is 0 Å². The van der Waals surface area contributed by atoms with Crippen LogP contribution in [0.5, 0.6) is 0 Å². The summed E-state index contributed by atoms with van der Waals surface area (Å²) in [6, 6.07) is 6.59. The minimum atomic E-state index is -0.963.